The van der Waals surface area contributed by atoms with Gasteiger partial charge in [-0.25, -0.2) is 8.42 Å². The molecule has 0 saturated heterocycles. The lowest BCUT2D eigenvalue weighted by molar-refractivity contribution is -0.130. The topological polar surface area (TPSA) is 95.6 Å². The Balaban J connectivity index is 2.22. The minimum Gasteiger partial charge on any atom is -0.355 e. The third-order valence-electron chi connectivity index (χ3n) is 4.04. The first kappa shape index (κ1) is 18.4. The summed E-state index contributed by atoms with van der Waals surface area (Å²) in [5.74, 6) is -0.762. The van der Waals surface area contributed by atoms with Crippen LogP contribution < -0.4 is 10.6 Å². The predicted molar refractivity (Wildman–Crippen MR) is 90.6 cm³/mol. The van der Waals surface area contributed by atoms with Crippen LogP contribution >= 0.6 is 0 Å². The lowest BCUT2D eigenvalue weighted by Crippen LogP contribution is -2.55. The van der Waals surface area contributed by atoms with Crippen molar-refractivity contribution >= 4 is 21.8 Å². The maximum Gasteiger partial charge on any atom is 0.242 e. The lowest BCUT2D eigenvalue weighted by atomic mass is 9.95. The Hall–Kier alpha value is -1.93. The number of sulfonamides is 1. The summed E-state index contributed by atoms with van der Waals surface area (Å²) < 4.78 is 25.4. The molecule has 0 saturated carbocycles. The van der Waals surface area contributed by atoms with Gasteiger partial charge in [-0.05, 0) is 31.4 Å². The van der Waals surface area contributed by atoms with Gasteiger partial charge in [-0.2, -0.15) is 4.31 Å². The molecule has 0 fully saturated rings. The van der Waals surface area contributed by atoms with Crippen LogP contribution in [0, 0.1) is 0 Å². The average Bonchev–Trinajstić information content (AvgIpc) is 2.52. The van der Waals surface area contributed by atoms with Gasteiger partial charge >= 0.3 is 0 Å². The van der Waals surface area contributed by atoms with E-state index in [4.69, 9.17) is 0 Å². The number of hydrogen-bond donors (Lipinski definition) is 2. The summed E-state index contributed by atoms with van der Waals surface area (Å²) in [6.07, 6.45) is 1.38. The molecular weight excluding hydrogens is 330 g/mol. The number of nitrogens with zero attached hydrogens (tertiary/aromatic N) is 1. The molecule has 0 spiro atoms. The summed E-state index contributed by atoms with van der Waals surface area (Å²) in [4.78, 5) is 24.4. The van der Waals surface area contributed by atoms with Gasteiger partial charge in [0.15, 0.2) is 0 Å². The summed E-state index contributed by atoms with van der Waals surface area (Å²) in [6, 6.07) is 5.88. The molecule has 2 rings (SSSR count). The van der Waals surface area contributed by atoms with E-state index in [1.54, 1.807) is 13.8 Å². The molecule has 7 nitrogen and oxygen atoms in total. The number of rotatable bonds is 5. The number of likely N-dealkylation sites (N-methyl/N-ethyl adjacent to an activating group) is 1. The maximum atomic E-state index is 12.6. The summed E-state index contributed by atoms with van der Waals surface area (Å²) in [5.41, 5.74) is 1.84. The van der Waals surface area contributed by atoms with Gasteiger partial charge in [0.2, 0.25) is 21.8 Å². The van der Waals surface area contributed by atoms with Crippen molar-refractivity contribution in [1.82, 2.24) is 14.9 Å². The standard InChI is InChI=1S/C16H23N3O4S/c1-4-17-15(20)11(2)18-16(21)14-9-12-7-5-6-8-13(12)10-19(14)24(3,22)23/h5-8,11,14H,4,9-10H2,1-3H3,(H,17,20)(H,18,21)/t11-,14+/m0/s1. The Morgan fingerprint density at radius 2 is 1.92 bits per heavy atom. The number of benzene rings is 1. The lowest BCUT2D eigenvalue weighted by Gasteiger charge is -2.34. The predicted octanol–water partition coefficient (Wildman–Crippen LogP) is 0.0137. The molecule has 24 heavy (non-hydrogen) atoms. The van der Waals surface area contributed by atoms with Gasteiger partial charge in [0.25, 0.3) is 0 Å². The van der Waals surface area contributed by atoms with Gasteiger partial charge in [0, 0.05) is 13.1 Å². The maximum absolute atomic E-state index is 12.6. The fourth-order valence-corrected chi connectivity index (χ4v) is 3.78. The van der Waals surface area contributed by atoms with Crippen LogP contribution in [0.1, 0.15) is 25.0 Å². The normalized spacial score (nSPS) is 19.2. The third-order valence-corrected chi connectivity index (χ3v) is 5.27. The largest absolute Gasteiger partial charge is 0.355 e. The van der Waals surface area contributed by atoms with E-state index >= 15 is 0 Å². The van der Waals surface area contributed by atoms with E-state index in [2.05, 4.69) is 10.6 Å². The van der Waals surface area contributed by atoms with Crippen molar-refractivity contribution < 1.29 is 18.0 Å². The van der Waals surface area contributed by atoms with E-state index in [1.807, 2.05) is 24.3 Å². The van der Waals surface area contributed by atoms with E-state index in [-0.39, 0.29) is 18.9 Å². The van der Waals surface area contributed by atoms with Crippen LogP contribution in [0.15, 0.2) is 24.3 Å². The number of amides is 2. The average molecular weight is 353 g/mol. The monoisotopic (exact) mass is 353 g/mol. The number of nitrogens with one attached hydrogen (secondary N) is 2. The zero-order chi connectivity index (χ0) is 17.9. The summed E-state index contributed by atoms with van der Waals surface area (Å²) in [6.45, 7) is 3.98. The smallest absolute Gasteiger partial charge is 0.242 e. The summed E-state index contributed by atoms with van der Waals surface area (Å²) in [5, 5.41) is 5.24. The second-order valence-electron chi connectivity index (χ2n) is 5.92. The van der Waals surface area contributed by atoms with Gasteiger partial charge in [0.1, 0.15) is 12.1 Å². The molecule has 2 atom stereocenters. The molecule has 132 valence electrons. The molecule has 0 unspecified atom stereocenters. The first-order valence-corrected chi connectivity index (χ1v) is 9.70. The molecule has 2 amide bonds. The quantitative estimate of drug-likeness (QED) is 0.780. The van der Waals surface area contributed by atoms with Crippen LogP contribution in [0.2, 0.25) is 0 Å². The minimum absolute atomic E-state index is 0.155. The number of carbonyl (C=O) groups is 2. The van der Waals surface area contributed by atoms with Crippen LogP contribution in [-0.2, 0) is 32.6 Å². The van der Waals surface area contributed by atoms with E-state index in [9.17, 15) is 18.0 Å². The van der Waals surface area contributed by atoms with Gasteiger partial charge in [-0.3, -0.25) is 9.59 Å². The van der Waals surface area contributed by atoms with Gasteiger partial charge in [-0.15, -0.1) is 0 Å². The Bertz CT molecular complexity index is 733. The molecule has 1 heterocycles. The van der Waals surface area contributed by atoms with Crippen LogP contribution in [0.3, 0.4) is 0 Å². The van der Waals surface area contributed by atoms with Crippen molar-refractivity contribution in [1.29, 1.82) is 0 Å². The van der Waals surface area contributed by atoms with Crippen LogP contribution in [-0.4, -0.2) is 49.4 Å². The Kier molecular flexibility index (Phi) is 5.61. The molecule has 0 aromatic heterocycles. The SMILES string of the molecule is CCNC(=O)[C@H](C)NC(=O)[C@H]1Cc2ccccc2CN1S(C)(=O)=O. The molecule has 2 N–H and O–H groups in total. The molecule has 0 bridgehead atoms. The highest BCUT2D eigenvalue weighted by molar-refractivity contribution is 7.88. The highest BCUT2D eigenvalue weighted by atomic mass is 32.2. The highest BCUT2D eigenvalue weighted by Crippen LogP contribution is 2.25. The molecule has 1 aromatic rings. The molecule has 1 aromatic carbocycles. The van der Waals surface area contributed by atoms with E-state index in [0.29, 0.717) is 6.54 Å². The van der Waals surface area contributed by atoms with E-state index in [1.165, 1.54) is 4.31 Å². The number of hydrogen-bond acceptors (Lipinski definition) is 4. The Labute approximate surface area is 142 Å². The van der Waals surface area contributed by atoms with Crippen molar-refractivity contribution in [2.75, 3.05) is 12.8 Å². The summed E-state index contributed by atoms with van der Waals surface area (Å²) >= 11 is 0. The molecule has 0 aliphatic carbocycles. The van der Waals surface area contributed by atoms with Crippen LogP contribution in [0.4, 0.5) is 0 Å². The van der Waals surface area contributed by atoms with Crippen LogP contribution in [0.25, 0.3) is 0 Å². The van der Waals surface area contributed by atoms with Crippen molar-refractivity contribution in [2.45, 2.75) is 38.9 Å². The number of carbonyl (C=O) groups excluding carboxylic acids is 2. The van der Waals surface area contributed by atoms with Crippen molar-refractivity contribution in [3.63, 3.8) is 0 Å². The van der Waals surface area contributed by atoms with E-state index < -0.39 is 28.0 Å². The molecule has 0 radical (unpaired) electrons. The molecule has 1 aliphatic heterocycles. The fourth-order valence-electron chi connectivity index (χ4n) is 2.77. The van der Waals surface area contributed by atoms with Crippen LogP contribution in [0.5, 0.6) is 0 Å². The second-order valence-corrected chi connectivity index (χ2v) is 7.86. The van der Waals surface area contributed by atoms with Gasteiger partial charge in [0.05, 0.1) is 6.26 Å². The first-order chi connectivity index (χ1) is 11.2. The molecular formula is C16H23N3O4S. The first-order valence-electron chi connectivity index (χ1n) is 7.85. The van der Waals surface area contributed by atoms with Gasteiger partial charge in [-0.1, -0.05) is 24.3 Å². The van der Waals surface area contributed by atoms with Crippen molar-refractivity contribution in [3.8, 4) is 0 Å². The molecule has 1 aliphatic rings. The van der Waals surface area contributed by atoms with Crippen molar-refractivity contribution in [3.05, 3.63) is 35.4 Å². The third kappa shape index (κ3) is 4.12. The Morgan fingerprint density at radius 3 is 2.50 bits per heavy atom. The van der Waals surface area contributed by atoms with E-state index in [0.717, 1.165) is 17.4 Å². The molecule has 8 heteroatoms. The zero-order valence-electron chi connectivity index (χ0n) is 14.1. The fraction of sp³-hybridized carbons (Fsp3) is 0.500. The van der Waals surface area contributed by atoms with Crippen molar-refractivity contribution in [2.24, 2.45) is 0 Å². The Morgan fingerprint density at radius 1 is 1.29 bits per heavy atom. The highest BCUT2D eigenvalue weighted by Gasteiger charge is 2.37. The second kappa shape index (κ2) is 7.31. The van der Waals surface area contributed by atoms with Gasteiger partial charge < -0.3 is 10.6 Å². The number of fused-ring (bicyclic) bond motifs is 1. The minimum atomic E-state index is -3.56. The zero-order valence-corrected chi connectivity index (χ0v) is 14.9. The summed E-state index contributed by atoms with van der Waals surface area (Å²) in [7, 11) is -3.56.